The molecule has 0 atom stereocenters. The van der Waals surface area contributed by atoms with Crippen LogP contribution in [0.4, 0.5) is 0 Å². The van der Waals surface area contributed by atoms with Gasteiger partial charge in [0, 0.05) is 44.5 Å². The van der Waals surface area contributed by atoms with Crippen molar-refractivity contribution in [2.75, 3.05) is 32.7 Å². The fourth-order valence-corrected chi connectivity index (χ4v) is 2.85. The highest BCUT2D eigenvalue weighted by atomic mass is 35.5. The third-order valence-corrected chi connectivity index (χ3v) is 3.95. The van der Waals surface area contributed by atoms with Crippen LogP contribution in [0.1, 0.15) is 23.2 Å². The number of hydrogen-bond donors (Lipinski definition) is 1. The van der Waals surface area contributed by atoms with E-state index < -0.39 is 0 Å². The van der Waals surface area contributed by atoms with Crippen LogP contribution < -0.4 is 5.73 Å². The Labute approximate surface area is 129 Å². The monoisotopic (exact) mass is 317 g/mol. The van der Waals surface area contributed by atoms with Gasteiger partial charge >= 0.3 is 0 Å². The van der Waals surface area contributed by atoms with Crippen molar-refractivity contribution in [3.8, 4) is 0 Å². The maximum atomic E-state index is 12.2. The molecule has 1 saturated heterocycles. The van der Waals surface area contributed by atoms with Crippen LogP contribution in [0.5, 0.6) is 0 Å². The van der Waals surface area contributed by atoms with Crippen molar-refractivity contribution in [2.24, 2.45) is 5.73 Å². The number of carbonyl (C=O) groups excluding carboxylic acids is 2. The Kier molecular flexibility index (Phi) is 6.98. The van der Waals surface area contributed by atoms with Gasteiger partial charge in [0.05, 0.1) is 5.56 Å². The quantitative estimate of drug-likeness (QED) is 0.910. The third kappa shape index (κ3) is 4.19. The smallest absolute Gasteiger partial charge is 0.254 e. The SMILES string of the molecule is Cl.NCCC(=O)N1CCCN(C(=O)c2ccsc2)CC1. The third-order valence-electron chi connectivity index (χ3n) is 3.26. The van der Waals surface area contributed by atoms with E-state index in [1.165, 1.54) is 11.3 Å². The molecule has 0 unspecified atom stereocenters. The standard InChI is InChI=1S/C13H19N3O2S.ClH/c14-4-2-12(17)15-5-1-6-16(8-7-15)13(18)11-3-9-19-10-11;/h3,9-10H,1-2,4-8,14H2;1H. The van der Waals surface area contributed by atoms with Crippen LogP contribution in [0, 0.1) is 0 Å². The van der Waals surface area contributed by atoms with E-state index in [0.717, 1.165) is 12.0 Å². The van der Waals surface area contributed by atoms with Crippen molar-refractivity contribution in [3.05, 3.63) is 22.4 Å². The first-order valence-corrected chi connectivity index (χ1v) is 7.46. The Morgan fingerprint density at radius 1 is 1.20 bits per heavy atom. The summed E-state index contributed by atoms with van der Waals surface area (Å²) in [7, 11) is 0. The summed E-state index contributed by atoms with van der Waals surface area (Å²) in [6, 6.07) is 1.84. The number of nitrogens with two attached hydrogens (primary N) is 1. The molecule has 0 spiro atoms. The van der Waals surface area contributed by atoms with Gasteiger partial charge in [0.25, 0.3) is 5.91 Å². The fourth-order valence-electron chi connectivity index (χ4n) is 2.22. The van der Waals surface area contributed by atoms with E-state index in [1.54, 1.807) is 0 Å². The van der Waals surface area contributed by atoms with Crippen molar-refractivity contribution in [1.82, 2.24) is 9.80 Å². The summed E-state index contributed by atoms with van der Waals surface area (Å²) in [6.45, 7) is 3.01. The lowest BCUT2D eigenvalue weighted by atomic mass is 10.3. The number of amides is 2. The lowest BCUT2D eigenvalue weighted by molar-refractivity contribution is -0.130. The fraction of sp³-hybridized carbons (Fsp3) is 0.538. The van der Waals surface area contributed by atoms with E-state index in [1.807, 2.05) is 26.6 Å². The van der Waals surface area contributed by atoms with Crippen LogP contribution in [0.3, 0.4) is 0 Å². The van der Waals surface area contributed by atoms with Crippen LogP contribution in [-0.4, -0.2) is 54.3 Å². The number of rotatable bonds is 3. The zero-order chi connectivity index (χ0) is 13.7. The second kappa shape index (κ2) is 8.24. The van der Waals surface area contributed by atoms with Crippen molar-refractivity contribution >= 4 is 35.6 Å². The summed E-state index contributed by atoms with van der Waals surface area (Å²) < 4.78 is 0. The van der Waals surface area contributed by atoms with Gasteiger partial charge in [0.15, 0.2) is 0 Å². The average Bonchev–Trinajstić information content (AvgIpc) is 2.82. The zero-order valence-corrected chi connectivity index (χ0v) is 12.9. The molecule has 2 rings (SSSR count). The molecule has 2 heterocycles. The van der Waals surface area contributed by atoms with Gasteiger partial charge in [-0.1, -0.05) is 0 Å². The lowest BCUT2D eigenvalue weighted by Crippen LogP contribution is -2.37. The molecule has 1 aromatic rings. The maximum absolute atomic E-state index is 12.2. The molecular formula is C13H20ClN3O2S. The van der Waals surface area contributed by atoms with E-state index in [4.69, 9.17) is 5.73 Å². The summed E-state index contributed by atoms with van der Waals surface area (Å²) in [4.78, 5) is 27.7. The van der Waals surface area contributed by atoms with Crippen molar-refractivity contribution in [1.29, 1.82) is 0 Å². The van der Waals surface area contributed by atoms with Crippen LogP contribution >= 0.6 is 23.7 Å². The Hall–Kier alpha value is -1.11. The first-order valence-electron chi connectivity index (χ1n) is 6.51. The molecule has 1 aliphatic rings. The Morgan fingerprint density at radius 3 is 2.55 bits per heavy atom. The predicted octanol–water partition coefficient (Wildman–Crippen LogP) is 1.19. The molecular weight excluding hydrogens is 298 g/mol. The predicted molar refractivity (Wildman–Crippen MR) is 82.3 cm³/mol. The van der Waals surface area contributed by atoms with Crippen molar-refractivity contribution in [3.63, 3.8) is 0 Å². The minimum absolute atomic E-state index is 0. The number of halogens is 1. The first-order chi connectivity index (χ1) is 9.22. The molecule has 0 bridgehead atoms. The molecule has 2 N–H and O–H groups in total. The maximum Gasteiger partial charge on any atom is 0.254 e. The largest absolute Gasteiger partial charge is 0.341 e. The van der Waals surface area contributed by atoms with E-state index >= 15 is 0 Å². The molecule has 1 aromatic heterocycles. The summed E-state index contributed by atoms with van der Waals surface area (Å²) in [5.41, 5.74) is 6.15. The Balaban J connectivity index is 0.00000200. The number of nitrogens with zero attached hydrogens (tertiary/aromatic N) is 2. The highest BCUT2D eigenvalue weighted by Crippen LogP contribution is 2.12. The van der Waals surface area contributed by atoms with Gasteiger partial charge < -0.3 is 15.5 Å². The molecule has 0 aliphatic carbocycles. The molecule has 0 aromatic carbocycles. The second-order valence-electron chi connectivity index (χ2n) is 4.58. The number of hydrogen-bond acceptors (Lipinski definition) is 4. The minimum Gasteiger partial charge on any atom is -0.341 e. The van der Waals surface area contributed by atoms with E-state index in [0.29, 0.717) is 39.1 Å². The van der Waals surface area contributed by atoms with Gasteiger partial charge in [0.2, 0.25) is 5.91 Å². The molecule has 1 aliphatic heterocycles. The minimum atomic E-state index is 0. The van der Waals surface area contributed by atoms with E-state index in [2.05, 4.69) is 0 Å². The molecule has 20 heavy (non-hydrogen) atoms. The molecule has 2 amide bonds. The van der Waals surface area contributed by atoms with Crippen LogP contribution in [0.25, 0.3) is 0 Å². The topological polar surface area (TPSA) is 66.6 Å². The lowest BCUT2D eigenvalue weighted by Gasteiger charge is -2.21. The van der Waals surface area contributed by atoms with Crippen molar-refractivity contribution < 1.29 is 9.59 Å². The molecule has 112 valence electrons. The Morgan fingerprint density at radius 2 is 1.90 bits per heavy atom. The average molecular weight is 318 g/mol. The van der Waals surface area contributed by atoms with E-state index in [-0.39, 0.29) is 24.2 Å². The zero-order valence-electron chi connectivity index (χ0n) is 11.3. The highest BCUT2D eigenvalue weighted by Gasteiger charge is 2.22. The van der Waals surface area contributed by atoms with Gasteiger partial charge in [-0.05, 0) is 17.9 Å². The van der Waals surface area contributed by atoms with Crippen LogP contribution in [0.2, 0.25) is 0 Å². The van der Waals surface area contributed by atoms with Crippen molar-refractivity contribution in [2.45, 2.75) is 12.8 Å². The molecule has 0 radical (unpaired) electrons. The number of carbonyl (C=O) groups is 2. The Bertz CT molecular complexity index is 439. The molecule has 1 fully saturated rings. The first kappa shape index (κ1) is 16.9. The van der Waals surface area contributed by atoms with Gasteiger partial charge in [0.1, 0.15) is 0 Å². The van der Waals surface area contributed by atoms with Gasteiger partial charge in [-0.15, -0.1) is 12.4 Å². The van der Waals surface area contributed by atoms with Gasteiger partial charge in [-0.25, -0.2) is 0 Å². The second-order valence-corrected chi connectivity index (χ2v) is 5.36. The van der Waals surface area contributed by atoms with Gasteiger partial charge in [-0.3, -0.25) is 9.59 Å². The van der Waals surface area contributed by atoms with Gasteiger partial charge in [-0.2, -0.15) is 11.3 Å². The van der Waals surface area contributed by atoms with Crippen LogP contribution in [-0.2, 0) is 4.79 Å². The summed E-state index contributed by atoms with van der Waals surface area (Å²) >= 11 is 1.52. The molecule has 5 nitrogen and oxygen atoms in total. The summed E-state index contributed by atoms with van der Waals surface area (Å²) in [6.07, 6.45) is 1.21. The highest BCUT2D eigenvalue weighted by molar-refractivity contribution is 7.08. The molecule has 0 saturated carbocycles. The molecule has 7 heteroatoms. The summed E-state index contributed by atoms with van der Waals surface area (Å²) in [5.74, 6) is 0.154. The van der Waals surface area contributed by atoms with Crippen LogP contribution in [0.15, 0.2) is 16.8 Å². The summed E-state index contributed by atoms with van der Waals surface area (Å²) in [5, 5.41) is 3.77. The number of thiophene rings is 1. The normalized spacial score (nSPS) is 15.4. The van der Waals surface area contributed by atoms with E-state index in [9.17, 15) is 9.59 Å².